The minimum Gasteiger partial charge on any atom is -0.386 e. The number of aliphatic hydroxyl groups is 1. The Bertz CT molecular complexity index is 1450. The molecule has 4 aromatic rings. The standard InChI is InChI=1S/C26H29F2N7O/c1-14-24(19-9-8-18(27)10-20(19)28)33-34(12-17-6-7-17)25(14)31-21-11-22(30-13-29-21)35-16(3)23(15(2)32-35)26(4,5)36/h8-11,13,17,36H,6-7,12H2,1-5H3,(H,29,30,31). The molecule has 5 rings (SSSR count). The molecule has 1 saturated carbocycles. The minimum absolute atomic E-state index is 0.247. The quantitative estimate of drug-likeness (QED) is 0.372. The van der Waals surface area contributed by atoms with Crippen LogP contribution in [0.15, 0.2) is 30.6 Å². The first-order valence-corrected chi connectivity index (χ1v) is 11.9. The van der Waals surface area contributed by atoms with Gasteiger partial charge in [0.05, 0.1) is 11.3 Å². The van der Waals surface area contributed by atoms with E-state index < -0.39 is 17.2 Å². The van der Waals surface area contributed by atoms with Crippen LogP contribution in [0.2, 0.25) is 0 Å². The molecule has 0 amide bonds. The average molecular weight is 494 g/mol. The summed E-state index contributed by atoms with van der Waals surface area (Å²) in [5.41, 5.74) is 2.65. The van der Waals surface area contributed by atoms with E-state index in [1.807, 2.05) is 25.5 Å². The zero-order valence-corrected chi connectivity index (χ0v) is 21.0. The molecule has 0 saturated heterocycles. The van der Waals surface area contributed by atoms with Gasteiger partial charge in [0.25, 0.3) is 0 Å². The number of benzene rings is 1. The molecule has 3 aromatic heterocycles. The Morgan fingerprint density at radius 3 is 2.47 bits per heavy atom. The summed E-state index contributed by atoms with van der Waals surface area (Å²) >= 11 is 0. The molecular weight excluding hydrogens is 464 g/mol. The fraction of sp³-hybridized carbons (Fsp3) is 0.385. The smallest absolute Gasteiger partial charge is 0.159 e. The lowest BCUT2D eigenvalue weighted by molar-refractivity contribution is 0.0772. The summed E-state index contributed by atoms with van der Waals surface area (Å²) in [7, 11) is 0. The van der Waals surface area contributed by atoms with Gasteiger partial charge in [-0.15, -0.1) is 0 Å². The van der Waals surface area contributed by atoms with Crippen molar-refractivity contribution < 1.29 is 13.9 Å². The van der Waals surface area contributed by atoms with Crippen LogP contribution >= 0.6 is 0 Å². The second-order valence-electron chi connectivity index (χ2n) is 9.97. The van der Waals surface area contributed by atoms with E-state index in [9.17, 15) is 13.9 Å². The normalized spacial score (nSPS) is 13.9. The van der Waals surface area contributed by atoms with Crippen molar-refractivity contribution in [1.82, 2.24) is 29.5 Å². The third-order valence-corrected chi connectivity index (χ3v) is 6.52. The highest BCUT2D eigenvalue weighted by molar-refractivity contribution is 5.72. The Morgan fingerprint density at radius 1 is 1.08 bits per heavy atom. The van der Waals surface area contributed by atoms with E-state index in [0.717, 1.165) is 41.4 Å². The second-order valence-corrected chi connectivity index (χ2v) is 9.97. The molecule has 8 nitrogen and oxygen atoms in total. The SMILES string of the molecule is Cc1nn(-c2cc(Nc3c(C)c(-c4ccc(F)cc4F)nn3CC3CC3)ncn2)c(C)c1C(C)(C)O. The number of aromatic nitrogens is 6. The third kappa shape index (κ3) is 4.48. The van der Waals surface area contributed by atoms with Crippen molar-refractivity contribution in [3.63, 3.8) is 0 Å². The van der Waals surface area contributed by atoms with E-state index in [1.54, 1.807) is 24.6 Å². The van der Waals surface area contributed by atoms with Crippen LogP contribution in [0.3, 0.4) is 0 Å². The van der Waals surface area contributed by atoms with Crippen LogP contribution in [0.5, 0.6) is 0 Å². The summed E-state index contributed by atoms with van der Waals surface area (Å²) in [6, 6.07) is 5.28. The van der Waals surface area contributed by atoms with Gasteiger partial charge >= 0.3 is 0 Å². The molecule has 1 fully saturated rings. The molecule has 3 heterocycles. The lowest BCUT2D eigenvalue weighted by atomic mass is 9.96. The highest BCUT2D eigenvalue weighted by Gasteiger charge is 2.28. The molecule has 1 aromatic carbocycles. The lowest BCUT2D eigenvalue weighted by Crippen LogP contribution is -2.18. The van der Waals surface area contributed by atoms with Crippen LogP contribution < -0.4 is 5.32 Å². The summed E-state index contributed by atoms with van der Waals surface area (Å²) in [6.45, 7) is 9.75. The van der Waals surface area contributed by atoms with Crippen LogP contribution in [0.25, 0.3) is 17.1 Å². The van der Waals surface area contributed by atoms with Gasteiger partial charge in [0, 0.05) is 41.1 Å². The van der Waals surface area contributed by atoms with Crippen LogP contribution in [0, 0.1) is 38.3 Å². The van der Waals surface area contributed by atoms with Crippen LogP contribution in [0.1, 0.15) is 49.2 Å². The summed E-state index contributed by atoms with van der Waals surface area (Å²) in [5, 5.41) is 23.2. The van der Waals surface area contributed by atoms with E-state index in [0.29, 0.717) is 35.6 Å². The maximum Gasteiger partial charge on any atom is 0.159 e. The number of hydrogen-bond acceptors (Lipinski definition) is 6. The van der Waals surface area contributed by atoms with Gasteiger partial charge in [0.1, 0.15) is 35.3 Å². The van der Waals surface area contributed by atoms with Gasteiger partial charge in [-0.1, -0.05) is 0 Å². The molecule has 2 N–H and O–H groups in total. The number of aryl methyl sites for hydroxylation is 1. The molecule has 0 atom stereocenters. The Hall–Kier alpha value is -3.66. The number of rotatable bonds is 7. The van der Waals surface area contributed by atoms with Gasteiger partial charge in [-0.25, -0.2) is 28.1 Å². The molecular formula is C26H29F2N7O. The molecule has 1 aliphatic rings. The van der Waals surface area contributed by atoms with Gasteiger partial charge < -0.3 is 10.4 Å². The van der Waals surface area contributed by atoms with Gasteiger partial charge in [-0.05, 0) is 65.5 Å². The van der Waals surface area contributed by atoms with E-state index in [2.05, 4.69) is 25.5 Å². The first kappa shape index (κ1) is 24.1. The van der Waals surface area contributed by atoms with Gasteiger partial charge in [-0.3, -0.25) is 0 Å². The summed E-state index contributed by atoms with van der Waals surface area (Å²) in [5.74, 6) is 0.984. The molecule has 0 aliphatic heterocycles. The number of anilines is 2. The number of hydrogen-bond donors (Lipinski definition) is 2. The van der Waals surface area contributed by atoms with Crippen molar-refractivity contribution in [2.24, 2.45) is 5.92 Å². The fourth-order valence-electron chi connectivity index (χ4n) is 4.73. The van der Waals surface area contributed by atoms with Gasteiger partial charge in [0.2, 0.25) is 0 Å². The average Bonchev–Trinajstić information content (AvgIpc) is 3.49. The molecule has 1 aliphatic carbocycles. The summed E-state index contributed by atoms with van der Waals surface area (Å²) in [6.07, 6.45) is 3.69. The number of nitrogens with zero attached hydrogens (tertiary/aromatic N) is 6. The summed E-state index contributed by atoms with van der Waals surface area (Å²) in [4.78, 5) is 8.76. The molecule has 0 unspecified atom stereocenters. The van der Waals surface area contributed by atoms with Crippen LogP contribution in [-0.2, 0) is 12.1 Å². The molecule has 0 spiro atoms. The molecule has 188 valence electrons. The number of halogens is 2. The fourth-order valence-corrected chi connectivity index (χ4v) is 4.73. The molecule has 10 heteroatoms. The second kappa shape index (κ2) is 8.77. The van der Waals surface area contributed by atoms with E-state index in [-0.39, 0.29) is 5.56 Å². The predicted octanol–water partition coefficient (Wildman–Crippen LogP) is 5.11. The van der Waals surface area contributed by atoms with Crippen molar-refractivity contribution >= 4 is 11.6 Å². The van der Waals surface area contributed by atoms with Crippen LogP contribution in [-0.4, -0.2) is 34.6 Å². The maximum absolute atomic E-state index is 14.6. The number of nitrogens with one attached hydrogen (secondary N) is 1. The largest absolute Gasteiger partial charge is 0.386 e. The van der Waals surface area contributed by atoms with E-state index in [4.69, 9.17) is 0 Å². The predicted molar refractivity (Wildman–Crippen MR) is 132 cm³/mol. The lowest BCUT2D eigenvalue weighted by Gasteiger charge is -2.18. The van der Waals surface area contributed by atoms with Crippen molar-refractivity contribution in [3.8, 4) is 17.1 Å². The first-order valence-electron chi connectivity index (χ1n) is 11.9. The Labute approximate surface area is 208 Å². The monoisotopic (exact) mass is 493 g/mol. The molecule has 36 heavy (non-hydrogen) atoms. The molecule has 0 bridgehead atoms. The molecule has 0 radical (unpaired) electrons. The highest BCUT2D eigenvalue weighted by atomic mass is 19.1. The van der Waals surface area contributed by atoms with Crippen LogP contribution in [0.4, 0.5) is 20.4 Å². The van der Waals surface area contributed by atoms with Gasteiger partial charge in [-0.2, -0.15) is 10.2 Å². The topological polar surface area (TPSA) is 93.7 Å². The summed E-state index contributed by atoms with van der Waals surface area (Å²) < 4.78 is 31.6. The van der Waals surface area contributed by atoms with Crippen molar-refractivity contribution in [2.75, 3.05) is 5.32 Å². The van der Waals surface area contributed by atoms with Gasteiger partial charge in [0.15, 0.2) is 5.82 Å². The Morgan fingerprint density at radius 2 is 1.83 bits per heavy atom. The van der Waals surface area contributed by atoms with Crippen molar-refractivity contribution in [1.29, 1.82) is 0 Å². The third-order valence-electron chi connectivity index (χ3n) is 6.52. The zero-order chi connectivity index (χ0) is 25.8. The zero-order valence-electron chi connectivity index (χ0n) is 21.0. The Balaban J connectivity index is 1.53. The van der Waals surface area contributed by atoms with E-state index in [1.165, 1.54) is 18.5 Å². The van der Waals surface area contributed by atoms with E-state index >= 15 is 0 Å². The maximum atomic E-state index is 14.6. The minimum atomic E-state index is -1.04. The first-order chi connectivity index (χ1) is 17.0. The highest BCUT2D eigenvalue weighted by Crippen LogP contribution is 2.36. The van der Waals surface area contributed by atoms with Crippen molar-refractivity contribution in [3.05, 3.63) is 64.7 Å². The van der Waals surface area contributed by atoms with Crippen molar-refractivity contribution in [2.45, 2.75) is 59.6 Å². The Kier molecular flexibility index (Phi) is 5.86.